The first kappa shape index (κ1) is 21.6. The highest BCUT2D eigenvalue weighted by atomic mass is 16.5. The third-order valence-electron chi connectivity index (χ3n) is 6.32. The SMILES string of the molecule is CCOc1cc([C@@H]2NC[C@H](c3ccccc3)c3c2[nH]c2ccccc32)ccc1OCC(C)C. The molecule has 5 rings (SSSR count). The molecule has 2 N–H and O–H groups in total. The number of aromatic amines is 1. The molecule has 0 fully saturated rings. The van der Waals surface area contributed by atoms with Gasteiger partial charge in [-0.2, -0.15) is 0 Å². The van der Waals surface area contributed by atoms with Crippen LogP contribution in [0.3, 0.4) is 0 Å². The van der Waals surface area contributed by atoms with Gasteiger partial charge in [-0.3, -0.25) is 0 Å². The van der Waals surface area contributed by atoms with Gasteiger partial charge in [0, 0.05) is 29.1 Å². The Morgan fingerprint density at radius 2 is 1.67 bits per heavy atom. The smallest absolute Gasteiger partial charge is 0.161 e. The number of nitrogens with one attached hydrogen (secondary N) is 2. The first-order valence-electron chi connectivity index (χ1n) is 11.9. The van der Waals surface area contributed by atoms with Crippen LogP contribution in [0, 0.1) is 5.92 Å². The summed E-state index contributed by atoms with van der Waals surface area (Å²) in [5.74, 6) is 2.38. The van der Waals surface area contributed by atoms with E-state index in [9.17, 15) is 0 Å². The molecule has 0 radical (unpaired) electrons. The zero-order valence-corrected chi connectivity index (χ0v) is 19.6. The van der Waals surface area contributed by atoms with Crippen molar-refractivity contribution in [1.29, 1.82) is 0 Å². The average Bonchev–Trinajstić information content (AvgIpc) is 3.23. The largest absolute Gasteiger partial charge is 0.490 e. The van der Waals surface area contributed by atoms with Crippen LogP contribution >= 0.6 is 0 Å². The van der Waals surface area contributed by atoms with E-state index in [1.165, 1.54) is 33.3 Å². The number of hydrogen-bond donors (Lipinski definition) is 2. The summed E-state index contributed by atoms with van der Waals surface area (Å²) in [6.45, 7) is 8.47. The van der Waals surface area contributed by atoms with Crippen LogP contribution in [-0.2, 0) is 0 Å². The summed E-state index contributed by atoms with van der Waals surface area (Å²) in [6.07, 6.45) is 0. The molecule has 0 amide bonds. The molecular formula is C29H32N2O2. The van der Waals surface area contributed by atoms with E-state index in [0.717, 1.165) is 18.0 Å². The van der Waals surface area contributed by atoms with E-state index in [1.807, 2.05) is 6.92 Å². The van der Waals surface area contributed by atoms with Crippen LogP contribution in [0.2, 0.25) is 0 Å². The fourth-order valence-corrected chi connectivity index (χ4v) is 4.83. The van der Waals surface area contributed by atoms with Gasteiger partial charge in [-0.25, -0.2) is 0 Å². The minimum atomic E-state index is 0.0608. The topological polar surface area (TPSA) is 46.3 Å². The summed E-state index contributed by atoms with van der Waals surface area (Å²) >= 11 is 0. The number of benzene rings is 3. The highest BCUT2D eigenvalue weighted by Gasteiger charge is 2.32. The molecule has 1 aromatic heterocycles. The van der Waals surface area contributed by atoms with Crippen molar-refractivity contribution in [3.63, 3.8) is 0 Å². The van der Waals surface area contributed by atoms with Crippen LogP contribution < -0.4 is 14.8 Å². The Bertz CT molecular complexity index is 1230. The number of ether oxygens (including phenoxy) is 2. The van der Waals surface area contributed by atoms with Crippen molar-refractivity contribution in [3.8, 4) is 11.5 Å². The van der Waals surface area contributed by atoms with E-state index in [1.54, 1.807) is 0 Å². The van der Waals surface area contributed by atoms with Crippen LogP contribution in [0.25, 0.3) is 10.9 Å². The number of H-pyrrole nitrogens is 1. The summed E-state index contributed by atoms with van der Waals surface area (Å²) in [4.78, 5) is 3.74. The molecular weight excluding hydrogens is 408 g/mol. The number of aromatic nitrogens is 1. The van der Waals surface area contributed by atoms with E-state index >= 15 is 0 Å². The summed E-state index contributed by atoms with van der Waals surface area (Å²) in [5, 5.41) is 5.11. The maximum Gasteiger partial charge on any atom is 0.161 e. The van der Waals surface area contributed by atoms with E-state index in [4.69, 9.17) is 9.47 Å². The van der Waals surface area contributed by atoms with Gasteiger partial charge in [0.05, 0.1) is 19.3 Å². The van der Waals surface area contributed by atoms with Gasteiger partial charge in [-0.15, -0.1) is 0 Å². The fraction of sp³-hybridized carbons (Fsp3) is 0.310. The second-order valence-electron chi connectivity index (χ2n) is 9.15. The monoisotopic (exact) mass is 440 g/mol. The molecule has 0 saturated heterocycles. The third kappa shape index (κ3) is 4.23. The van der Waals surface area contributed by atoms with Gasteiger partial charge in [0.25, 0.3) is 0 Å². The number of fused-ring (bicyclic) bond motifs is 3. The molecule has 0 bridgehead atoms. The zero-order chi connectivity index (χ0) is 22.8. The molecule has 1 aliphatic heterocycles. The summed E-state index contributed by atoms with van der Waals surface area (Å²) < 4.78 is 12.0. The lowest BCUT2D eigenvalue weighted by molar-refractivity contribution is 0.248. The van der Waals surface area contributed by atoms with E-state index < -0.39 is 0 Å². The summed E-state index contributed by atoms with van der Waals surface area (Å²) in [6, 6.07) is 25.8. The van der Waals surface area contributed by atoms with Crippen LogP contribution in [0.1, 0.15) is 55.1 Å². The van der Waals surface area contributed by atoms with E-state index in [0.29, 0.717) is 25.0 Å². The lowest BCUT2D eigenvalue weighted by atomic mass is 9.83. The Labute approximate surface area is 195 Å². The number of hydrogen-bond acceptors (Lipinski definition) is 3. The van der Waals surface area contributed by atoms with Crippen molar-refractivity contribution in [2.45, 2.75) is 32.7 Å². The molecule has 33 heavy (non-hydrogen) atoms. The van der Waals surface area contributed by atoms with Crippen molar-refractivity contribution >= 4 is 10.9 Å². The Morgan fingerprint density at radius 1 is 0.879 bits per heavy atom. The van der Waals surface area contributed by atoms with Crippen LogP contribution in [-0.4, -0.2) is 24.7 Å². The van der Waals surface area contributed by atoms with Gasteiger partial charge in [0.15, 0.2) is 11.5 Å². The van der Waals surface area contributed by atoms with Crippen molar-refractivity contribution in [2.75, 3.05) is 19.8 Å². The summed E-state index contributed by atoms with van der Waals surface area (Å²) in [5.41, 5.74) is 6.31. The molecule has 4 nitrogen and oxygen atoms in total. The van der Waals surface area contributed by atoms with Gasteiger partial charge in [-0.1, -0.05) is 68.4 Å². The van der Waals surface area contributed by atoms with Gasteiger partial charge in [-0.05, 0) is 47.7 Å². The molecule has 0 saturated carbocycles. The van der Waals surface area contributed by atoms with Gasteiger partial charge < -0.3 is 19.8 Å². The van der Waals surface area contributed by atoms with E-state index in [2.05, 4.69) is 96.9 Å². The zero-order valence-electron chi connectivity index (χ0n) is 19.6. The Morgan fingerprint density at radius 3 is 2.45 bits per heavy atom. The molecule has 0 spiro atoms. The highest BCUT2D eigenvalue weighted by Crippen LogP contribution is 2.42. The molecule has 4 aromatic rings. The fourth-order valence-electron chi connectivity index (χ4n) is 4.83. The minimum Gasteiger partial charge on any atom is -0.490 e. The molecule has 0 unspecified atom stereocenters. The van der Waals surface area contributed by atoms with Gasteiger partial charge in [0.1, 0.15) is 0 Å². The Kier molecular flexibility index (Phi) is 6.10. The maximum absolute atomic E-state index is 6.03. The van der Waals surface area contributed by atoms with Crippen LogP contribution in [0.5, 0.6) is 11.5 Å². The average molecular weight is 441 g/mol. The van der Waals surface area contributed by atoms with Crippen molar-refractivity contribution in [3.05, 3.63) is 95.2 Å². The Hall–Kier alpha value is -3.24. The molecule has 3 aromatic carbocycles. The molecule has 2 atom stereocenters. The highest BCUT2D eigenvalue weighted by molar-refractivity contribution is 5.86. The second kappa shape index (κ2) is 9.32. The predicted molar refractivity (Wildman–Crippen MR) is 134 cm³/mol. The maximum atomic E-state index is 6.03. The standard InChI is InChI=1S/C29H32N2O2/c1-4-32-26-16-21(14-15-25(26)33-18-19(2)3)28-29-27(22-12-8-9-13-24(22)31-29)23(17-30-28)20-10-6-5-7-11-20/h5-16,19,23,28,30-31H,4,17-18H2,1-3H3/t23-,28+/m1/s1. The predicted octanol–water partition coefficient (Wildman–Crippen LogP) is 6.43. The summed E-state index contributed by atoms with van der Waals surface area (Å²) in [7, 11) is 0. The minimum absolute atomic E-state index is 0.0608. The quantitative estimate of drug-likeness (QED) is 0.348. The third-order valence-corrected chi connectivity index (χ3v) is 6.32. The molecule has 0 aliphatic carbocycles. The lowest BCUT2D eigenvalue weighted by Gasteiger charge is -2.31. The molecule has 2 heterocycles. The first-order valence-corrected chi connectivity index (χ1v) is 11.9. The van der Waals surface area contributed by atoms with Crippen LogP contribution in [0.4, 0.5) is 0 Å². The number of rotatable bonds is 7. The van der Waals surface area contributed by atoms with Gasteiger partial charge in [0.2, 0.25) is 0 Å². The molecule has 170 valence electrons. The number of para-hydroxylation sites is 1. The molecule has 1 aliphatic rings. The van der Waals surface area contributed by atoms with Crippen LogP contribution in [0.15, 0.2) is 72.8 Å². The van der Waals surface area contributed by atoms with Gasteiger partial charge >= 0.3 is 0 Å². The Balaban J connectivity index is 1.58. The van der Waals surface area contributed by atoms with Crippen molar-refractivity contribution < 1.29 is 9.47 Å². The molecule has 4 heteroatoms. The lowest BCUT2D eigenvalue weighted by Crippen LogP contribution is -2.34. The normalized spacial score (nSPS) is 17.8. The van der Waals surface area contributed by atoms with Crippen molar-refractivity contribution in [2.24, 2.45) is 5.92 Å². The first-order chi connectivity index (χ1) is 16.2. The van der Waals surface area contributed by atoms with E-state index in [-0.39, 0.29) is 6.04 Å². The van der Waals surface area contributed by atoms with Crippen molar-refractivity contribution in [1.82, 2.24) is 10.3 Å². The second-order valence-corrected chi connectivity index (χ2v) is 9.15.